The fourth-order valence-corrected chi connectivity index (χ4v) is 7.40. The number of nitrogens with one attached hydrogen (secondary N) is 2. The quantitative estimate of drug-likeness (QED) is 0.250. The smallest absolute Gasteiger partial charge is 0.232 e. The van der Waals surface area contributed by atoms with Crippen LogP contribution in [-0.4, -0.2) is 67.6 Å². The number of hydrogen-bond donors (Lipinski definition) is 2. The fourth-order valence-electron chi connectivity index (χ4n) is 5.96. The van der Waals surface area contributed by atoms with E-state index in [0.29, 0.717) is 17.4 Å². The Labute approximate surface area is 253 Å². The Balaban J connectivity index is 1.15. The minimum absolute atomic E-state index is 0.132. The molecule has 224 valence electrons. The summed E-state index contributed by atoms with van der Waals surface area (Å²) in [6, 6.07) is 21.9. The first-order valence-corrected chi connectivity index (χ1v) is 16.3. The number of anilines is 5. The molecule has 4 aromatic rings. The van der Waals surface area contributed by atoms with E-state index in [1.54, 1.807) is 61.7 Å². The predicted octanol–water partition coefficient (Wildman–Crippen LogP) is 5.65. The average molecular weight is 600 g/mol. The largest absolute Gasteiger partial charge is 0.494 e. The van der Waals surface area contributed by atoms with Crippen molar-refractivity contribution in [3.63, 3.8) is 0 Å². The Hall–Kier alpha value is -4.22. The van der Waals surface area contributed by atoms with E-state index in [9.17, 15) is 8.42 Å². The minimum Gasteiger partial charge on any atom is -0.494 e. The molecule has 2 N–H and O–H groups in total. The van der Waals surface area contributed by atoms with E-state index in [2.05, 4.69) is 41.5 Å². The van der Waals surface area contributed by atoms with Gasteiger partial charge in [0.1, 0.15) is 12.1 Å². The zero-order valence-electron chi connectivity index (χ0n) is 24.3. The molecule has 0 radical (unpaired) electrons. The van der Waals surface area contributed by atoms with Gasteiger partial charge in [0.05, 0.1) is 28.3 Å². The topological polar surface area (TPSA) is 113 Å². The molecule has 0 spiro atoms. The standard InChI is InChI=1S/C32H37N7O3S/c1-42-29-22-25(39-20-18-38(19-21-39)24-10-4-2-5-11-24)16-17-27(29)35-31-33-23-34-32(37-31)36-28-14-8-9-15-30(28)43(40,41)26-12-6-3-7-13-26/h3,6-9,12-17,22-24H,2,4-5,10-11,18-21H2,1H3,(H2,33,34,35,36,37). The summed E-state index contributed by atoms with van der Waals surface area (Å²) in [7, 11) is -2.10. The van der Waals surface area contributed by atoms with Crippen LogP contribution < -0.4 is 20.3 Å². The van der Waals surface area contributed by atoms with Crippen LogP contribution in [0.3, 0.4) is 0 Å². The maximum absolute atomic E-state index is 13.3. The van der Waals surface area contributed by atoms with Crippen LogP contribution in [0.2, 0.25) is 0 Å². The molecule has 2 fully saturated rings. The first-order chi connectivity index (χ1) is 21.0. The van der Waals surface area contributed by atoms with Gasteiger partial charge in [-0.25, -0.2) is 18.4 Å². The summed E-state index contributed by atoms with van der Waals surface area (Å²) in [5, 5.41) is 6.29. The van der Waals surface area contributed by atoms with Crippen LogP contribution in [0.25, 0.3) is 0 Å². The minimum atomic E-state index is -3.75. The number of aromatic nitrogens is 3. The van der Waals surface area contributed by atoms with E-state index in [-0.39, 0.29) is 15.7 Å². The lowest BCUT2D eigenvalue weighted by atomic mass is 9.94. The zero-order chi connectivity index (χ0) is 29.6. The van der Waals surface area contributed by atoms with Gasteiger partial charge in [0, 0.05) is 44.0 Å². The molecule has 2 aliphatic rings. The molecule has 3 aromatic carbocycles. The van der Waals surface area contributed by atoms with E-state index in [1.165, 1.54) is 38.4 Å². The lowest BCUT2D eigenvalue weighted by Crippen LogP contribution is -2.50. The highest BCUT2D eigenvalue weighted by Crippen LogP contribution is 2.33. The van der Waals surface area contributed by atoms with Crippen LogP contribution in [-0.2, 0) is 9.84 Å². The summed E-state index contributed by atoms with van der Waals surface area (Å²) in [4.78, 5) is 18.4. The summed E-state index contributed by atoms with van der Waals surface area (Å²) >= 11 is 0. The number of rotatable bonds is 9. The van der Waals surface area contributed by atoms with Crippen LogP contribution in [0.5, 0.6) is 5.75 Å². The third-order valence-corrected chi connectivity index (χ3v) is 10.1. The molecule has 0 amide bonds. The third-order valence-electron chi connectivity index (χ3n) is 8.25. The van der Waals surface area contributed by atoms with Gasteiger partial charge in [0.25, 0.3) is 0 Å². The molecule has 43 heavy (non-hydrogen) atoms. The Kier molecular flexibility index (Phi) is 8.71. The first kappa shape index (κ1) is 28.9. The van der Waals surface area contributed by atoms with Crippen molar-refractivity contribution in [2.75, 3.05) is 48.8 Å². The van der Waals surface area contributed by atoms with E-state index in [1.807, 2.05) is 12.1 Å². The second-order valence-corrected chi connectivity index (χ2v) is 12.8. The average Bonchev–Trinajstić information content (AvgIpc) is 3.06. The van der Waals surface area contributed by atoms with Gasteiger partial charge >= 0.3 is 0 Å². The van der Waals surface area contributed by atoms with Gasteiger partial charge in [-0.2, -0.15) is 4.98 Å². The molecule has 0 unspecified atom stereocenters. The van der Waals surface area contributed by atoms with Crippen molar-refractivity contribution in [1.29, 1.82) is 0 Å². The van der Waals surface area contributed by atoms with Crippen LogP contribution in [0, 0.1) is 0 Å². The SMILES string of the molecule is COc1cc(N2CCN(C3CCCCC3)CC2)ccc1Nc1ncnc(Nc2ccccc2S(=O)(=O)c2ccccc2)n1. The highest BCUT2D eigenvalue weighted by atomic mass is 32.2. The van der Waals surface area contributed by atoms with Crippen molar-refractivity contribution < 1.29 is 13.2 Å². The number of hydrogen-bond acceptors (Lipinski definition) is 10. The number of sulfone groups is 1. The maximum atomic E-state index is 13.3. The molecule has 11 heteroatoms. The van der Waals surface area contributed by atoms with Gasteiger partial charge in [-0.15, -0.1) is 0 Å². The Morgan fingerprint density at radius 1 is 0.791 bits per heavy atom. The number of ether oxygens (including phenoxy) is 1. The summed E-state index contributed by atoms with van der Waals surface area (Å²) in [5.41, 5.74) is 2.21. The second-order valence-electron chi connectivity index (χ2n) is 10.9. The highest BCUT2D eigenvalue weighted by Gasteiger charge is 2.26. The lowest BCUT2D eigenvalue weighted by molar-refractivity contribution is 0.148. The van der Waals surface area contributed by atoms with Crippen molar-refractivity contribution in [3.05, 3.63) is 79.1 Å². The van der Waals surface area contributed by atoms with Gasteiger partial charge < -0.3 is 20.3 Å². The molecule has 1 aromatic heterocycles. The number of nitrogens with zero attached hydrogens (tertiary/aromatic N) is 5. The molecule has 0 atom stereocenters. The molecule has 1 saturated heterocycles. The van der Waals surface area contributed by atoms with Crippen LogP contribution in [0.4, 0.5) is 29.0 Å². The van der Waals surface area contributed by atoms with Crippen molar-refractivity contribution in [3.8, 4) is 5.75 Å². The zero-order valence-corrected chi connectivity index (χ0v) is 25.1. The predicted molar refractivity (Wildman–Crippen MR) is 168 cm³/mol. The first-order valence-electron chi connectivity index (χ1n) is 14.8. The molecule has 6 rings (SSSR count). The molecule has 10 nitrogen and oxygen atoms in total. The van der Waals surface area contributed by atoms with Crippen molar-refractivity contribution in [1.82, 2.24) is 19.9 Å². The van der Waals surface area contributed by atoms with E-state index >= 15 is 0 Å². The monoisotopic (exact) mass is 599 g/mol. The van der Waals surface area contributed by atoms with Crippen molar-refractivity contribution in [2.45, 2.75) is 47.9 Å². The van der Waals surface area contributed by atoms with E-state index in [0.717, 1.165) is 43.6 Å². The number of benzene rings is 3. The van der Waals surface area contributed by atoms with Gasteiger partial charge in [0.2, 0.25) is 21.7 Å². The van der Waals surface area contributed by atoms with E-state index in [4.69, 9.17) is 4.74 Å². The molecular weight excluding hydrogens is 562 g/mol. The molecule has 2 heterocycles. The second kappa shape index (κ2) is 13.0. The van der Waals surface area contributed by atoms with Crippen LogP contribution >= 0.6 is 0 Å². The van der Waals surface area contributed by atoms with Gasteiger partial charge in [-0.05, 0) is 49.2 Å². The van der Waals surface area contributed by atoms with E-state index < -0.39 is 9.84 Å². The number of piperazine rings is 1. The summed E-state index contributed by atoms with van der Waals surface area (Å²) in [5.74, 6) is 1.19. The lowest BCUT2D eigenvalue weighted by Gasteiger charge is -2.41. The summed E-state index contributed by atoms with van der Waals surface area (Å²) in [6.45, 7) is 4.17. The van der Waals surface area contributed by atoms with Gasteiger partial charge in [0.15, 0.2) is 0 Å². The maximum Gasteiger partial charge on any atom is 0.232 e. The fraction of sp³-hybridized carbons (Fsp3) is 0.344. The van der Waals surface area contributed by atoms with Gasteiger partial charge in [-0.1, -0.05) is 49.6 Å². The normalized spacial score (nSPS) is 16.5. The molecule has 1 aliphatic carbocycles. The number of para-hydroxylation sites is 1. The van der Waals surface area contributed by atoms with Crippen molar-refractivity contribution in [2.24, 2.45) is 0 Å². The van der Waals surface area contributed by atoms with Crippen LogP contribution in [0.15, 0.2) is 88.9 Å². The Morgan fingerprint density at radius 3 is 2.19 bits per heavy atom. The van der Waals surface area contributed by atoms with Gasteiger partial charge in [-0.3, -0.25) is 4.90 Å². The highest BCUT2D eigenvalue weighted by molar-refractivity contribution is 7.91. The third kappa shape index (κ3) is 6.57. The molecule has 1 aliphatic heterocycles. The molecule has 0 bridgehead atoms. The van der Waals surface area contributed by atoms with Crippen LogP contribution in [0.1, 0.15) is 32.1 Å². The Bertz CT molecular complexity index is 1640. The van der Waals surface area contributed by atoms with Crippen molar-refractivity contribution >= 4 is 38.8 Å². The number of methoxy groups -OCH3 is 1. The summed E-state index contributed by atoms with van der Waals surface area (Å²) in [6.07, 6.45) is 8.14. The Morgan fingerprint density at radius 2 is 1.47 bits per heavy atom. The molecule has 1 saturated carbocycles. The summed E-state index contributed by atoms with van der Waals surface area (Å²) < 4.78 is 32.4. The molecular formula is C32H37N7O3S.